The number of benzene rings is 8. The van der Waals surface area contributed by atoms with Crippen LogP contribution in [0.2, 0.25) is 0 Å². The lowest BCUT2D eigenvalue weighted by atomic mass is 10.1. The SMILES string of the molecule is C=CCOCc1ccc(N(c2ccc(Oc3cccc(C=Cc4cccc(Oc5ccc(N(c6ccc(COC(=O)C=C)cc6)c6ccc(C)c(C)c6)cc5)c4)c3)cc2)c2ccc(C)c(C)c2)cc1. The average Bonchev–Trinajstić information content (AvgIpc) is 3.37. The topological polar surface area (TPSA) is 60.5 Å². The van der Waals surface area contributed by atoms with E-state index < -0.39 is 5.97 Å². The van der Waals surface area contributed by atoms with E-state index in [-0.39, 0.29) is 6.61 Å². The number of ether oxygens (including phenoxy) is 4. The van der Waals surface area contributed by atoms with E-state index in [0.717, 1.165) is 79.4 Å². The third-order valence-corrected chi connectivity index (χ3v) is 11.8. The van der Waals surface area contributed by atoms with Crippen LogP contribution < -0.4 is 19.3 Å². The Kier molecular flexibility index (Phi) is 15.3. The first-order valence-electron chi connectivity index (χ1n) is 23.0. The number of rotatable bonds is 19. The highest BCUT2D eigenvalue weighted by Crippen LogP contribution is 2.39. The van der Waals surface area contributed by atoms with Crippen molar-refractivity contribution in [3.63, 3.8) is 0 Å². The summed E-state index contributed by atoms with van der Waals surface area (Å²) in [6.45, 7) is 17.0. The van der Waals surface area contributed by atoms with Crippen molar-refractivity contribution in [3.8, 4) is 23.0 Å². The van der Waals surface area contributed by atoms with Crippen molar-refractivity contribution in [3.05, 3.63) is 252 Å². The number of carbonyl (C=O) groups is 1. The standard InChI is InChI=1S/C62H56N2O5/c1-7-37-66-42-50-19-25-52(26-20-50)63(56-23-15-44(3)46(5)38-56)54-29-33-58(34-30-54)68-60-13-9-11-48(40-60)17-18-49-12-10-14-61(41-49)69-59-35-31-55(32-36-59)64(57-24-16-45(4)47(6)39-57)53-27-21-51(22-28-53)43-67-62(65)8-2/h7-36,38-41H,1-2,37,42-43H2,3-6H3. The highest BCUT2D eigenvalue weighted by atomic mass is 16.5. The van der Waals surface area contributed by atoms with E-state index >= 15 is 0 Å². The summed E-state index contributed by atoms with van der Waals surface area (Å²) in [5.41, 5.74) is 15.0. The second-order valence-corrected chi connectivity index (χ2v) is 16.8. The maximum absolute atomic E-state index is 11.6. The molecule has 0 unspecified atom stereocenters. The van der Waals surface area contributed by atoms with Gasteiger partial charge in [0, 0.05) is 40.2 Å². The number of carbonyl (C=O) groups excluding carboxylic acids is 1. The second kappa shape index (κ2) is 22.4. The van der Waals surface area contributed by atoms with E-state index in [9.17, 15) is 4.79 Å². The highest BCUT2D eigenvalue weighted by molar-refractivity contribution is 5.81. The van der Waals surface area contributed by atoms with Crippen molar-refractivity contribution >= 4 is 52.2 Å². The minimum atomic E-state index is -0.448. The van der Waals surface area contributed by atoms with Gasteiger partial charge in [-0.15, -0.1) is 6.58 Å². The van der Waals surface area contributed by atoms with Gasteiger partial charge in [0.05, 0.1) is 13.2 Å². The predicted molar refractivity (Wildman–Crippen MR) is 283 cm³/mol. The molecule has 0 saturated heterocycles. The highest BCUT2D eigenvalue weighted by Gasteiger charge is 2.16. The zero-order valence-electron chi connectivity index (χ0n) is 39.6. The molecule has 0 spiro atoms. The van der Waals surface area contributed by atoms with Crippen LogP contribution in [0.3, 0.4) is 0 Å². The Morgan fingerprint density at radius 1 is 0.449 bits per heavy atom. The average molecular weight is 909 g/mol. The lowest BCUT2D eigenvalue weighted by Gasteiger charge is -2.26. The fourth-order valence-electron chi connectivity index (χ4n) is 7.73. The van der Waals surface area contributed by atoms with Gasteiger partial charge in [-0.2, -0.15) is 0 Å². The Bertz CT molecular complexity index is 3070. The van der Waals surface area contributed by atoms with Crippen LogP contribution >= 0.6 is 0 Å². The number of nitrogens with zero attached hydrogens (tertiary/aromatic N) is 2. The maximum Gasteiger partial charge on any atom is 0.330 e. The van der Waals surface area contributed by atoms with Crippen molar-refractivity contribution in [2.45, 2.75) is 40.9 Å². The zero-order valence-corrected chi connectivity index (χ0v) is 39.6. The maximum atomic E-state index is 11.6. The molecule has 0 atom stereocenters. The molecule has 0 fully saturated rings. The molecule has 0 aliphatic carbocycles. The van der Waals surface area contributed by atoms with E-state index in [1.165, 1.54) is 28.3 Å². The number of aryl methyl sites for hydroxylation is 4. The Morgan fingerprint density at radius 2 is 0.855 bits per heavy atom. The molecular formula is C62H56N2O5. The van der Waals surface area contributed by atoms with Crippen LogP contribution in [0.4, 0.5) is 34.1 Å². The number of hydrogen-bond acceptors (Lipinski definition) is 7. The van der Waals surface area contributed by atoms with Crippen LogP contribution in [0.5, 0.6) is 23.0 Å². The van der Waals surface area contributed by atoms with Crippen molar-refractivity contribution in [1.29, 1.82) is 0 Å². The minimum absolute atomic E-state index is 0.178. The summed E-state index contributed by atoms with van der Waals surface area (Å²) >= 11 is 0. The van der Waals surface area contributed by atoms with Crippen molar-refractivity contribution < 1.29 is 23.7 Å². The molecule has 0 heterocycles. The molecule has 0 saturated carbocycles. The summed E-state index contributed by atoms with van der Waals surface area (Å²) in [5, 5.41) is 0. The van der Waals surface area contributed by atoms with Gasteiger partial charge in [-0.05, 0) is 194 Å². The van der Waals surface area contributed by atoms with E-state index in [2.05, 4.69) is 160 Å². The molecule has 0 aliphatic heterocycles. The number of hydrogen-bond donors (Lipinski definition) is 0. The summed E-state index contributed by atoms with van der Waals surface area (Å²) in [6.07, 6.45) is 7.08. The Balaban J connectivity index is 0.933. The summed E-state index contributed by atoms with van der Waals surface area (Å²) in [5.74, 6) is 2.48. The first-order chi connectivity index (χ1) is 33.6. The van der Waals surface area contributed by atoms with Gasteiger partial charge in [0.15, 0.2) is 0 Å². The molecular weight excluding hydrogens is 853 g/mol. The zero-order chi connectivity index (χ0) is 48.1. The van der Waals surface area contributed by atoms with Gasteiger partial charge in [-0.25, -0.2) is 4.79 Å². The molecule has 7 heteroatoms. The third kappa shape index (κ3) is 12.3. The van der Waals surface area contributed by atoms with Gasteiger partial charge in [0.1, 0.15) is 29.6 Å². The number of esters is 1. The third-order valence-electron chi connectivity index (χ3n) is 11.8. The molecule has 0 amide bonds. The lowest BCUT2D eigenvalue weighted by Crippen LogP contribution is -2.10. The van der Waals surface area contributed by atoms with Crippen molar-refractivity contribution in [1.82, 2.24) is 0 Å². The summed E-state index contributed by atoms with van der Waals surface area (Å²) in [6, 6.07) is 61.9. The van der Waals surface area contributed by atoms with E-state index in [1.54, 1.807) is 6.08 Å². The van der Waals surface area contributed by atoms with Crippen molar-refractivity contribution in [2.75, 3.05) is 16.4 Å². The van der Waals surface area contributed by atoms with Crippen LogP contribution in [-0.2, 0) is 27.5 Å². The summed E-state index contributed by atoms with van der Waals surface area (Å²) < 4.78 is 23.7. The summed E-state index contributed by atoms with van der Waals surface area (Å²) in [7, 11) is 0. The monoisotopic (exact) mass is 908 g/mol. The summed E-state index contributed by atoms with van der Waals surface area (Å²) in [4.78, 5) is 16.1. The second-order valence-electron chi connectivity index (χ2n) is 16.8. The molecule has 0 aromatic heterocycles. The fourth-order valence-corrected chi connectivity index (χ4v) is 7.73. The molecule has 8 aromatic carbocycles. The first kappa shape index (κ1) is 47.1. The molecule has 7 nitrogen and oxygen atoms in total. The minimum Gasteiger partial charge on any atom is -0.458 e. The Hall–Kier alpha value is -8.39. The first-order valence-corrected chi connectivity index (χ1v) is 23.0. The van der Waals surface area contributed by atoms with E-state index in [4.69, 9.17) is 18.9 Å². The largest absolute Gasteiger partial charge is 0.458 e. The van der Waals surface area contributed by atoms with Gasteiger partial charge in [0.2, 0.25) is 0 Å². The van der Waals surface area contributed by atoms with Crippen LogP contribution in [0, 0.1) is 27.7 Å². The predicted octanol–water partition coefficient (Wildman–Crippen LogP) is 16.5. The molecule has 0 bridgehead atoms. The van der Waals surface area contributed by atoms with Gasteiger partial charge in [0.25, 0.3) is 0 Å². The number of anilines is 6. The Morgan fingerprint density at radius 3 is 1.26 bits per heavy atom. The van der Waals surface area contributed by atoms with E-state index in [1.807, 2.05) is 84.9 Å². The van der Waals surface area contributed by atoms with Crippen LogP contribution in [0.15, 0.2) is 207 Å². The quantitative estimate of drug-likeness (QED) is 0.0263. The van der Waals surface area contributed by atoms with Gasteiger partial charge >= 0.3 is 5.97 Å². The van der Waals surface area contributed by atoms with E-state index in [0.29, 0.717) is 13.2 Å². The molecule has 0 N–H and O–H groups in total. The van der Waals surface area contributed by atoms with Crippen LogP contribution in [0.25, 0.3) is 12.2 Å². The Labute approximate surface area is 406 Å². The molecule has 0 aliphatic rings. The molecule has 8 rings (SSSR count). The lowest BCUT2D eigenvalue weighted by molar-refractivity contribution is -0.138. The van der Waals surface area contributed by atoms with Crippen LogP contribution in [0.1, 0.15) is 44.5 Å². The normalized spacial score (nSPS) is 11.0. The molecule has 344 valence electrons. The van der Waals surface area contributed by atoms with Crippen molar-refractivity contribution in [2.24, 2.45) is 0 Å². The molecule has 0 radical (unpaired) electrons. The van der Waals surface area contributed by atoms with Gasteiger partial charge < -0.3 is 28.7 Å². The smallest absolute Gasteiger partial charge is 0.330 e. The fraction of sp³-hybridized carbons (Fsp3) is 0.113. The van der Waals surface area contributed by atoms with Gasteiger partial charge in [-0.3, -0.25) is 0 Å². The van der Waals surface area contributed by atoms with Gasteiger partial charge in [-0.1, -0.05) is 85.5 Å². The van der Waals surface area contributed by atoms with Crippen LogP contribution in [-0.4, -0.2) is 12.6 Å². The molecule has 69 heavy (non-hydrogen) atoms. The molecule has 8 aromatic rings.